The van der Waals surface area contributed by atoms with E-state index in [1.54, 1.807) is 0 Å². The summed E-state index contributed by atoms with van der Waals surface area (Å²) >= 11 is 0. The molecule has 61 heavy (non-hydrogen) atoms. The van der Waals surface area contributed by atoms with E-state index in [9.17, 15) is 0 Å². The Kier molecular flexibility index (Phi) is 8.11. The lowest BCUT2D eigenvalue weighted by molar-refractivity contribution is 0.768. The van der Waals surface area contributed by atoms with Gasteiger partial charge in [0.25, 0.3) is 0 Å². The van der Waals surface area contributed by atoms with E-state index in [1.807, 2.05) is 0 Å². The van der Waals surface area contributed by atoms with Crippen molar-refractivity contribution in [1.82, 2.24) is 4.40 Å². The van der Waals surface area contributed by atoms with Crippen molar-refractivity contribution in [2.24, 2.45) is 0 Å². The number of nitrogens with zero attached hydrogens (tertiary/aromatic N) is 2. The van der Waals surface area contributed by atoms with Crippen LogP contribution in [0.1, 0.15) is 22.3 Å². The first-order valence-corrected chi connectivity index (χ1v) is 21.1. The van der Waals surface area contributed by atoms with Crippen LogP contribution in [0, 0.1) is 0 Å². The van der Waals surface area contributed by atoms with Crippen LogP contribution in [0.2, 0.25) is 0 Å². The molecule has 0 fully saturated rings. The molecule has 9 aromatic carbocycles. The summed E-state index contributed by atoms with van der Waals surface area (Å²) in [5, 5.41) is 3.69. The second-order valence-corrected chi connectivity index (χ2v) is 16.0. The number of para-hydroxylation sites is 2. The van der Waals surface area contributed by atoms with Gasteiger partial charge < -0.3 is 9.30 Å². The van der Waals surface area contributed by atoms with Crippen LogP contribution in [-0.4, -0.2) is 4.40 Å². The van der Waals surface area contributed by atoms with Gasteiger partial charge in [-0.05, 0) is 98.4 Å². The lowest BCUT2D eigenvalue weighted by Gasteiger charge is -2.35. The van der Waals surface area contributed by atoms with Gasteiger partial charge in [0.1, 0.15) is 0 Å². The predicted octanol–water partition coefficient (Wildman–Crippen LogP) is 15.4. The van der Waals surface area contributed by atoms with Crippen molar-refractivity contribution >= 4 is 44.3 Å². The minimum atomic E-state index is -0.492. The summed E-state index contributed by atoms with van der Waals surface area (Å²) in [6, 6.07) is 89.0. The molecule has 0 bridgehead atoms. The Morgan fingerprint density at radius 1 is 0.344 bits per heavy atom. The van der Waals surface area contributed by atoms with Crippen LogP contribution in [0.5, 0.6) is 0 Å². The zero-order chi connectivity index (χ0) is 40.3. The smallest absolute Gasteiger partial charge is 0.0714 e. The number of hydrogen-bond acceptors (Lipinski definition) is 1. The molecule has 2 nitrogen and oxygen atoms in total. The Labute approximate surface area is 355 Å². The minimum Gasteiger partial charge on any atom is -0.310 e. The summed E-state index contributed by atoms with van der Waals surface area (Å²) in [7, 11) is 0. The number of benzene rings is 9. The van der Waals surface area contributed by atoms with Crippen molar-refractivity contribution in [2.75, 3.05) is 4.90 Å². The number of anilines is 3. The highest BCUT2D eigenvalue weighted by Crippen LogP contribution is 2.57. The average Bonchev–Trinajstić information content (AvgIpc) is 3.82. The van der Waals surface area contributed by atoms with Gasteiger partial charge in [-0.2, -0.15) is 0 Å². The number of fused-ring (bicyclic) bond motifs is 7. The van der Waals surface area contributed by atoms with Crippen LogP contribution >= 0.6 is 0 Å². The molecule has 0 radical (unpaired) electrons. The molecule has 2 aromatic heterocycles. The Bertz CT molecular complexity index is 3350. The fraction of sp³-hybridized carbons (Fsp3) is 0.0169. The second-order valence-electron chi connectivity index (χ2n) is 16.0. The Balaban J connectivity index is 1.07. The highest BCUT2D eigenvalue weighted by Gasteiger charge is 2.46. The third-order valence-electron chi connectivity index (χ3n) is 12.8. The molecule has 12 rings (SSSR count). The largest absolute Gasteiger partial charge is 0.310 e. The first kappa shape index (κ1) is 35.0. The zero-order valence-corrected chi connectivity index (χ0v) is 33.5. The van der Waals surface area contributed by atoms with E-state index < -0.39 is 5.41 Å². The van der Waals surface area contributed by atoms with Crippen LogP contribution in [-0.2, 0) is 5.41 Å². The van der Waals surface area contributed by atoms with Gasteiger partial charge in [0, 0.05) is 33.4 Å². The van der Waals surface area contributed by atoms with Crippen LogP contribution < -0.4 is 4.90 Å². The number of pyridine rings is 1. The standard InChI is InChI=1S/C59H40N2/c1-5-19-41(20-6-1)57-52-30-16-18-32-55(52)61-56(57)39-43-21-13-14-28-49(43)58(61)42-33-35-47(36-34-42)60(46-26-11-4-12-27-46)48-37-38-51-50-29-15-17-31-53(50)59(54(51)40-48,44-22-7-2-8-23-44)45-24-9-3-10-25-45/h1-40H. The summed E-state index contributed by atoms with van der Waals surface area (Å²) in [6.45, 7) is 0. The maximum Gasteiger partial charge on any atom is 0.0714 e. The monoisotopic (exact) mass is 776 g/mol. The van der Waals surface area contributed by atoms with Crippen molar-refractivity contribution in [3.05, 3.63) is 265 Å². The lowest BCUT2D eigenvalue weighted by atomic mass is 9.67. The SMILES string of the molecule is c1ccc(-c2c3ccccc3n3c(-c4ccc(N(c5ccccc5)c5ccc6c(c5)C(c5ccccc5)(c5ccccc5)c5ccccc5-6)cc4)c4ccccc4cc23)cc1. The topological polar surface area (TPSA) is 7.65 Å². The normalized spacial score (nSPS) is 12.7. The van der Waals surface area contributed by atoms with E-state index in [2.05, 4.69) is 252 Å². The fourth-order valence-electron chi connectivity index (χ4n) is 10.3. The molecule has 1 aliphatic carbocycles. The molecule has 0 spiro atoms. The van der Waals surface area contributed by atoms with Crippen molar-refractivity contribution in [1.29, 1.82) is 0 Å². The average molecular weight is 777 g/mol. The fourth-order valence-corrected chi connectivity index (χ4v) is 10.3. The molecule has 286 valence electrons. The number of aromatic nitrogens is 1. The molecule has 11 aromatic rings. The van der Waals surface area contributed by atoms with E-state index in [4.69, 9.17) is 0 Å². The molecular weight excluding hydrogens is 737 g/mol. The summed E-state index contributed by atoms with van der Waals surface area (Å²) in [6.07, 6.45) is 0. The molecule has 0 atom stereocenters. The van der Waals surface area contributed by atoms with Crippen molar-refractivity contribution in [3.63, 3.8) is 0 Å². The van der Waals surface area contributed by atoms with E-state index in [1.165, 1.54) is 77.4 Å². The van der Waals surface area contributed by atoms with Crippen LogP contribution in [0.4, 0.5) is 17.1 Å². The molecule has 0 aliphatic heterocycles. The minimum absolute atomic E-state index is 0.492. The molecule has 0 N–H and O–H groups in total. The van der Waals surface area contributed by atoms with Crippen molar-refractivity contribution < 1.29 is 0 Å². The maximum atomic E-state index is 2.48. The quantitative estimate of drug-likeness (QED) is 0.156. The van der Waals surface area contributed by atoms with Gasteiger partial charge in [0.15, 0.2) is 0 Å². The Hall–Kier alpha value is -7.94. The van der Waals surface area contributed by atoms with Gasteiger partial charge in [0.2, 0.25) is 0 Å². The summed E-state index contributed by atoms with van der Waals surface area (Å²) in [5.41, 5.74) is 17.7. The molecule has 2 heterocycles. The van der Waals surface area contributed by atoms with Gasteiger partial charge in [-0.25, -0.2) is 0 Å². The summed E-state index contributed by atoms with van der Waals surface area (Å²) in [4.78, 5) is 2.41. The first-order valence-electron chi connectivity index (χ1n) is 21.1. The third kappa shape index (κ3) is 5.36. The van der Waals surface area contributed by atoms with E-state index in [0.29, 0.717) is 0 Å². The first-order chi connectivity index (χ1) is 30.3. The van der Waals surface area contributed by atoms with Crippen LogP contribution in [0.25, 0.3) is 60.7 Å². The molecule has 1 aliphatic rings. The van der Waals surface area contributed by atoms with Crippen LogP contribution in [0.15, 0.2) is 243 Å². The van der Waals surface area contributed by atoms with Crippen molar-refractivity contribution in [2.45, 2.75) is 5.41 Å². The molecule has 2 heteroatoms. The highest BCUT2D eigenvalue weighted by atomic mass is 15.1. The van der Waals surface area contributed by atoms with E-state index in [-0.39, 0.29) is 0 Å². The predicted molar refractivity (Wildman–Crippen MR) is 255 cm³/mol. The second kappa shape index (κ2) is 14.1. The van der Waals surface area contributed by atoms with Gasteiger partial charge in [-0.3, -0.25) is 0 Å². The number of rotatable bonds is 7. The van der Waals surface area contributed by atoms with E-state index in [0.717, 1.165) is 22.6 Å². The Morgan fingerprint density at radius 2 is 0.885 bits per heavy atom. The van der Waals surface area contributed by atoms with Crippen molar-refractivity contribution in [3.8, 4) is 33.5 Å². The number of hydrogen-bond donors (Lipinski definition) is 0. The van der Waals surface area contributed by atoms with E-state index >= 15 is 0 Å². The Morgan fingerprint density at radius 3 is 1.61 bits per heavy atom. The van der Waals surface area contributed by atoms with Gasteiger partial charge in [-0.15, -0.1) is 0 Å². The molecule has 0 saturated heterocycles. The molecule has 0 amide bonds. The highest BCUT2D eigenvalue weighted by molar-refractivity contribution is 6.11. The van der Waals surface area contributed by atoms with Gasteiger partial charge in [-0.1, -0.05) is 194 Å². The zero-order valence-electron chi connectivity index (χ0n) is 33.5. The van der Waals surface area contributed by atoms with Crippen LogP contribution in [0.3, 0.4) is 0 Å². The third-order valence-corrected chi connectivity index (χ3v) is 12.8. The molecule has 0 unspecified atom stereocenters. The van der Waals surface area contributed by atoms with Gasteiger partial charge in [0.05, 0.1) is 22.1 Å². The van der Waals surface area contributed by atoms with Gasteiger partial charge >= 0.3 is 0 Å². The molecule has 0 saturated carbocycles. The lowest BCUT2D eigenvalue weighted by Crippen LogP contribution is -2.28. The summed E-state index contributed by atoms with van der Waals surface area (Å²) < 4.78 is 2.48. The summed E-state index contributed by atoms with van der Waals surface area (Å²) in [5.74, 6) is 0. The molecular formula is C59H40N2. The maximum absolute atomic E-state index is 2.48.